The predicted octanol–water partition coefficient (Wildman–Crippen LogP) is 5.93. The zero-order valence-electron chi connectivity index (χ0n) is 19.2. The van der Waals surface area contributed by atoms with Gasteiger partial charge in [-0.15, -0.1) is 0 Å². The van der Waals surface area contributed by atoms with Crippen LogP contribution in [0.1, 0.15) is 38.3 Å². The summed E-state index contributed by atoms with van der Waals surface area (Å²) in [6, 6.07) is 20.4. The van der Waals surface area contributed by atoms with Crippen LogP contribution < -0.4 is 5.32 Å². The first-order valence-electron chi connectivity index (χ1n) is 10.9. The van der Waals surface area contributed by atoms with E-state index in [0.717, 1.165) is 24.0 Å². The van der Waals surface area contributed by atoms with Gasteiger partial charge in [-0.05, 0) is 42.1 Å². The fourth-order valence-electron chi connectivity index (χ4n) is 2.85. The summed E-state index contributed by atoms with van der Waals surface area (Å²) in [6.45, 7) is 12.6. The van der Waals surface area contributed by atoms with Crippen molar-refractivity contribution in [1.29, 1.82) is 0 Å². The molecule has 0 atom stereocenters. The normalized spacial score (nSPS) is 12.6. The SMILES string of the molecule is CC(C)(C)[Si](C)(C)OCCCNC(=O)/C(=C/Cc1ccccc1)Cc1ccccc1. The summed E-state index contributed by atoms with van der Waals surface area (Å²) >= 11 is 0. The lowest BCUT2D eigenvalue weighted by molar-refractivity contribution is -0.117. The minimum atomic E-state index is -1.73. The number of carbonyl (C=O) groups is 1. The maximum Gasteiger partial charge on any atom is 0.247 e. The molecule has 0 aliphatic carbocycles. The topological polar surface area (TPSA) is 38.3 Å². The van der Waals surface area contributed by atoms with Crippen molar-refractivity contribution in [3.8, 4) is 0 Å². The summed E-state index contributed by atoms with van der Waals surface area (Å²) in [5.41, 5.74) is 3.17. The fourth-order valence-corrected chi connectivity index (χ4v) is 3.94. The molecular weight excluding hydrogens is 386 g/mol. The lowest BCUT2D eigenvalue weighted by Gasteiger charge is -2.36. The molecule has 3 nitrogen and oxygen atoms in total. The smallest absolute Gasteiger partial charge is 0.247 e. The summed E-state index contributed by atoms with van der Waals surface area (Å²) in [5.74, 6) is 0.0158. The highest BCUT2D eigenvalue weighted by Gasteiger charge is 2.36. The quantitative estimate of drug-likeness (QED) is 0.292. The third-order valence-electron chi connectivity index (χ3n) is 5.83. The van der Waals surface area contributed by atoms with Crippen LogP contribution in [0, 0.1) is 0 Å². The molecule has 0 spiro atoms. The van der Waals surface area contributed by atoms with Gasteiger partial charge in [0.15, 0.2) is 8.32 Å². The number of hydrogen-bond acceptors (Lipinski definition) is 2. The van der Waals surface area contributed by atoms with E-state index in [-0.39, 0.29) is 10.9 Å². The zero-order chi connectivity index (χ0) is 22.0. The number of amides is 1. The highest BCUT2D eigenvalue weighted by molar-refractivity contribution is 6.74. The average Bonchev–Trinajstić information content (AvgIpc) is 2.71. The van der Waals surface area contributed by atoms with E-state index in [9.17, 15) is 4.79 Å². The Morgan fingerprint density at radius 2 is 1.53 bits per heavy atom. The Bertz CT molecular complexity index is 808. The van der Waals surface area contributed by atoms with Gasteiger partial charge in [0.05, 0.1) is 0 Å². The molecule has 162 valence electrons. The minimum Gasteiger partial charge on any atom is -0.417 e. The molecule has 0 bridgehead atoms. The zero-order valence-corrected chi connectivity index (χ0v) is 20.2. The van der Waals surface area contributed by atoms with Gasteiger partial charge in [-0.2, -0.15) is 0 Å². The van der Waals surface area contributed by atoms with Gasteiger partial charge in [0.1, 0.15) is 0 Å². The molecule has 30 heavy (non-hydrogen) atoms. The van der Waals surface area contributed by atoms with E-state index in [4.69, 9.17) is 4.43 Å². The van der Waals surface area contributed by atoms with Crippen molar-refractivity contribution in [2.75, 3.05) is 13.2 Å². The lowest BCUT2D eigenvalue weighted by atomic mass is 10.0. The van der Waals surface area contributed by atoms with E-state index >= 15 is 0 Å². The van der Waals surface area contributed by atoms with Crippen LogP contribution >= 0.6 is 0 Å². The van der Waals surface area contributed by atoms with E-state index in [1.165, 1.54) is 5.56 Å². The van der Waals surface area contributed by atoms with Crippen molar-refractivity contribution in [3.05, 3.63) is 83.4 Å². The summed E-state index contributed by atoms with van der Waals surface area (Å²) in [6.07, 6.45) is 4.28. The molecule has 0 aliphatic heterocycles. The first-order chi connectivity index (χ1) is 14.2. The molecule has 0 aromatic heterocycles. The molecule has 2 aromatic carbocycles. The summed E-state index contributed by atoms with van der Waals surface area (Å²) in [7, 11) is -1.73. The Morgan fingerprint density at radius 1 is 0.967 bits per heavy atom. The number of hydrogen-bond donors (Lipinski definition) is 1. The molecule has 0 fully saturated rings. The average molecular weight is 424 g/mol. The summed E-state index contributed by atoms with van der Waals surface area (Å²) in [5, 5.41) is 3.30. The van der Waals surface area contributed by atoms with E-state index in [0.29, 0.717) is 19.6 Å². The number of nitrogens with one attached hydrogen (secondary N) is 1. The molecule has 0 saturated heterocycles. The van der Waals surface area contributed by atoms with Crippen molar-refractivity contribution in [2.45, 2.75) is 58.2 Å². The second-order valence-electron chi connectivity index (χ2n) is 9.30. The maximum absolute atomic E-state index is 12.9. The van der Waals surface area contributed by atoms with E-state index in [2.05, 4.69) is 69.5 Å². The molecule has 0 unspecified atom stereocenters. The van der Waals surface area contributed by atoms with Crippen LogP contribution in [0.25, 0.3) is 0 Å². The van der Waals surface area contributed by atoms with Crippen LogP contribution in [-0.2, 0) is 22.1 Å². The van der Waals surface area contributed by atoms with Gasteiger partial charge < -0.3 is 9.74 Å². The van der Waals surface area contributed by atoms with Crippen molar-refractivity contribution >= 4 is 14.2 Å². The van der Waals surface area contributed by atoms with Gasteiger partial charge in [-0.1, -0.05) is 87.5 Å². The van der Waals surface area contributed by atoms with Crippen molar-refractivity contribution in [2.24, 2.45) is 0 Å². The molecule has 4 heteroatoms. The Balaban J connectivity index is 1.92. The van der Waals surface area contributed by atoms with E-state index in [1.807, 2.05) is 36.4 Å². The molecule has 2 rings (SSSR count). The predicted molar refractivity (Wildman–Crippen MR) is 129 cm³/mol. The van der Waals surface area contributed by atoms with Crippen LogP contribution in [0.2, 0.25) is 18.1 Å². The van der Waals surface area contributed by atoms with Gasteiger partial charge in [0, 0.05) is 25.1 Å². The van der Waals surface area contributed by atoms with Gasteiger partial charge in [0.2, 0.25) is 5.91 Å². The third kappa shape index (κ3) is 7.92. The molecule has 0 saturated carbocycles. The minimum absolute atomic E-state index is 0.0158. The summed E-state index contributed by atoms with van der Waals surface area (Å²) < 4.78 is 6.21. The molecule has 0 heterocycles. The van der Waals surface area contributed by atoms with E-state index in [1.54, 1.807) is 0 Å². The number of benzene rings is 2. The van der Waals surface area contributed by atoms with Crippen molar-refractivity contribution < 1.29 is 9.22 Å². The van der Waals surface area contributed by atoms with Crippen molar-refractivity contribution in [1.82, 2.24) is 5.32 Å². The van der Waals surface area contributed by atoms with Crippen LogP contribution in [0.4, 0.5) is 0 Å². The Labute approximate surface area is 183 Å². The molecular formula is C26H37NO2Si. The third-order valence-corrected chi connectivity index (χ3v) is 10.4. The fraction of sp³-hybridized carbons (Fsp3) is 0.423. The molecule has 1 N–H and O–H groups in total. The standard InChI is InChI=1S/C26H37NO2Si/c1-26(2,3)30(4,5)29-20-12-19-27-25(28)24(21-23-15-10-7-11-16-23)18-17-22-13-8-6-9-14-22/h6-11,13-16,18H,12,17,19-21H2,1-5H3,(H,27,28)/b24-18+. The highest BCUT2D eigenvalue weighted by atomic mass is 28.4. The van der Waals surface area contributed by atoms with Crippen LogP contribution in [-0.4, -0.2) is 27.4 Å². The summed E-state index contributed by atoms with van der Waals surface area (Å²) in [4.78, 5) is 12.9. The Hall–Kier alpha value is -2.17. The Morgan fingerprint density at radius 3 is 2.10 bits per heavy atom. The van der Waals surface area contributed by atoms with Crippen LogP contribution in [0.15, 0.2) is 72.3 Å². The van der Waals surface area contributed by atoms with Crippen LogP contribution in [0.3, 0.4) is 0 Å². The van der Waals surface area contributed by atoms with Gasteiger partial charge in [-0.25, -0.2) is 0 Å². The highest BCUT2D eigenvalue weighted by Crippen LogP contribution is 2.36. The van der Waals surface area contributed by atoms with E-state index < -0.39 is 8.32 Å². The maximum atomic E-state index is 12.9. The largest absolute Gasteiger partial charge is 0.417 e. The number of rotatable bonds is 10. The molecule has 2 aromatic rings. The van der Waals surface area contributed by atoms with Crippen molar-refractivity contribution in [3.63, 3.8) is 0 Å². The Kier molecular flexibility index (Phi) is 9.06. The van der Waals surface area contributed by atoms with Gasteiger partial charge in [-0.3, -0.25) is 4.79 Å². The molecule has 0 aliphatic rings. The first-order valence-corrected chi connectivity index (χ1v) is 13.8. The second-order valence-corrected chi connectivity index (χ2v) is 14.1. The van der Waals surface area contributed by atoms with Gasteiger partial charge >= 0.3 is 0 Å². The second kappa shape index (κ2) is 11.3. The van der Waals surface area contributed by atoms with Crippen LogP contribution in [0.5, 0.6) is 0 Å². The molecule has 0 radical (unpaired) electrons. The number of carbonyl (C=O) groups excluding carboxylic acids is 1. The van der Waals surface area contributed by atoms with Gasteiger partial charge in [0.25, 0.3) is 0 Å². The number of allylic oxidation sites excluding steroid dienone is 1. The monoisotopic (exact) mass is 423 g/mol. The first kappa shape index (κ1) is 24.1. The lowest BCUT2D eigenvalue weighted by Crippen LogP contribution is -2.41. The molecule has 1 amide bonds.